The molecule has 0 spiro atoms. The standard InChI is InChI=1S/C35H21N/c36-22-23-11-13-26(14-12-23)33-21-32(25-9-5-2-6-10-25)30-18-16-27-15-17-28(24-7-3-1-4-8-24)29-19-20-31(33)35(30)34(27)29/h1-21H. The van der Waals surface area contributed by atoms with Crippen molar-refractivity contribution in [2.75, 3.05) is 0 Å². The van der Waals surface area contributed by atoms with Crippen molar-refractivity contribution in [3.8, 4) is 39.4 Å². The molecule has 0 unspecified atom stereocenters. The summed E-state index contributed by atoms with van der Waals surface area (Å²) >= 11 is 0. The molecule has 7 aromatic rings. The highest BCUT2D eigenvalue weighted by Gasteiger charge is 2.18. The van der Waals surface area contributed by atoms with E-state index in [0.29, 0.717) is 5.56 Å². The Balaban J connectivity index is 1.64. The number of hydrogen-bond donors (Lipinski definition) is 0. The van der Waals surface area contributed by atoms with E-state index in [0.717, 1.165) is 5.56 Å². The average Bonchev–Trinajstić information content (AvgIpc) is 2.96. The van der Waals surface area contributed by atoms with Crippen LogP contribution in [0.1, 0.15) is 5.56 Å². The van der Waals surface area contributed by atoms with Crippen molar-refractivity contribution in [3.63, 3.8) is 0 Å². The van der Waals surface area contributed by atoms with Gasteiger partial charge in [-0.3, -0.25) is 0 Å². The summed E-state index contributed by atoms with van der Waals surface area (Å²) < 4.78 is 0. The maximum Gasteiger partial charge on any atom is 0.0991 e. The average molecular weight is 456 g/mol. The van der Waals surface area contributed by atoms with Gasteiger partial charge in [0.15, 0.2) is 0 Å². The van der Waals surface area contributed by atoms with Crippen molar-refractivity contribution in [2.24, 2.45) is 0 Å². The molecule has 7 rings (SSSR count). The Bertz CT molecular complexity index is 1910. The summed E-state index contributed by atoms with van der Waals surface area (Å²) in [7, 11) is 0. The Morgan fingerprint density at radius 2 is 0.917 bits per heavy atom. The fourth-order valence-corrected chi connectivity index (χ4v) is 5.59. The zero-order valence-electron chi connectivity index (χ0n) is 19.6. The molecule has 0 saturated heterocycles. The van der Waals surface area contributed by atoms with Crippen LogP contribution in [0.15, 0.2) is 127 Å². The van der Waals surface area contributed by atoms with Crippen LogP contribution in [-0.2, 0) is 0 Å². The van der Waals surface area contributed by atoms with Crippen LogP contribution >= 0.6 is 0 Å². The van der Waals surface area contributed by atoms with Gasteiger partial charge in [-0.05, 0) is 83.9 Å². The van der Waals surface area contributed by atoms with E-state index >= 15 is 0 Å². The van der Waals surface area contributed by atoms with E-state index in [-0.39, 0.29) is 0 Å². The van der Waals surface area contributed by atoms with Crippen molar-refractivity contribution < 1.29 is 0 Å². The number of hydrogen-bond acceptors (Lipinski definition) is 1. The second kappa shape index (κ2) is 8.08. The summed E-state index contributed by atoms with van der Waals surface area (Å²) in [5.74, 6) is 0. The van der Waals surface area contributed by atoms with Crippen LogP contribution < -0.4 is 0 Å². The molecule has 36 heavy (non-hydrogen) atoms. The highest BCUT2D eigenvalue weighted by Crippen LogP contribution is 2.45. The van der Waals surface area contributed by atoms with Gasteiger partial charge in [-0.15, -0.1) is 0 Å². The first-order valence-corrected chi connectivity index (χ1v) is 12.2. The molecule has 0 bridgehead atoms. The summed E-state index contributed by atoms with van der Waals surface area (Å²) in [5.41, 5.74) is 7.88. The number of benzene rings is 7. The fraction of sp³-hybridized carbons (Fsp3) is 0. The summed E-state index contributed by atoms with van der Waals surface area (Å²) in [5, 5.41) is 16.9. The van der Waals surface area contributed by atoms with Gasteiger partial charge in [0.2, 0.25) is 0 Å². The molecule has 0 aliphatic carbocycles. The second-order valence-corrected chi connectivity index (χ2v) is 9.25. The molecule has 0 amide bonds. The van der Waals surface area contributed by atoms with Crippen LogP contribution in [0.3, 0.4) is 0 Å². The van der Waals surface area contributed by atoms with Gasteiger partial charge in [0.05, 0.1) is 11.6 Å². The zero-order valence-corrected chi connectivity index (χ0v) is 19.6. The van der Waals surface area contributed by atoms with Gasteiger partial charge in [-0.1, -0.05) is 109 Å². The third-order valence-electron chi connectivity index (χ3n) is 7.28. The highest BCUT2D eigenvalue weighted by molar-refractivity contribution is 6.29. The molecule has 0 aromatic heterocycles. The third kappa shape index (κ3) is 3.09. The van der Waals surface area contributed by atoms with Crippen LogP contribution in [0, 0.1) is 11.3 Å². The minimum Gasteiger partial charge on any atom is -0.192 e. The number of rotatable bonds is 3. The molecule has 7 aromatic carbocycles. The van der Waals surface area contributed by atoms with Gasteiger partial charge >= 0.3 is 0 Å². The Morgan fingerprint density at radius 3 is 1.53 bits per heavy atom. The summed E-state index contributed by atoms with van der Waals surface area (Å²) in [4.78, 5) is 0. The third-order valence-corrected chi connectivity index (χ3v) is 7.28. The predicted octanol–water partition coefficient (Wildman–Crippen LogP) is 9.46. The molecule has 0 aliphatic rings. The largest absolute Gasteiger partial charge is 0.192 e. The van der Waals surface area contributed by atoms with Gasteiger partial charge in [0, 0.05) is 0 Å². The van der Waals surface area contributed by atoms with Crippen LogP contribution in [-0.4, -0.2) is 0 Å². The van der Waals surface area contributed by atoms with Crippen LogP contribution in [0.2, 0.25) is 0 Å². The van der Waals surface area contributed by atoms with Gasteiger partial charge in [0.1, 0.15) is 0 Å². The lowest BCUT2D eigenvalue weighted by molar-refractivity contribution is 1.48. The monoisotopic (exact) mass is 455 g/mol. The highest BCUT2D eigenvalue weighted by atomic mass is 14.2. The quantitative estimate of drug-likeness (QED) is 0.243. The van der Waals surface area contributed by atoms with E-state index in [2.05, 4.69) is 121 Å². The molecule has 0 aliphatic heterocycles. The first-order valence-electron chi connectivity index (χ1n) is 12.2. The van der Waals surface area contributed by atoms with E-state index in [9.17, 15) is 5.26 Å². The normalized spacial score (nSPS) is 11.3. The van der Waals surface area contributed by atoms with Gasteiger partial charge < -0.3 is 0 Å². The topological polar surface area (TPSA) is 23.8 Å². The molecule has 0 saturated carbocycles. The van der Waals surface area contributed by atoms with E-state index < -0.39 is 0 Å². The van der Waals surface area contributed by atoms with Crippen molar-refractivity contribution in [1.29, 1.82) is 5.26 Å². The zero-order chi connectivity index (χ0) is 24.1. The molecular formula is C35H21N. The molecule has 0 fully saturated rings. The predicted molar refractivity (Wildman–Crippen MR) is 151 cm³/mol. The molecule has 166 valence electrons. The Hall–Kier alpha value is -4.93. The Morgan fingerprint density at radius 1 is 0.417 bits per heavy atom. The van der Waals surface area contributed by atoms with Crippen LogP contribution in [0.5, 0.6) is 0 Å². The smallest absolute Gasteiger partial charge is 0.0991 e. The molecule has 0 N–H and O–H groups in total. The van der Waals surface area contributed by atoms with Crippen molar-refractivity contribution in [1.82, 2.24) is 0 Å². The van der Waals surface area contributed by atoms with Crippen molar-refractivity contribution in [3.05, 3.63) is 133 Å². The van der Waals surface area contributed by atoms with E-state index in [1.807, 2.05) is 12.1 Å². The van der Waals surface area contributed by atoms with Gasteiger partial charge in [-0.2, -0.15) is 5.26 Å². The van der Waals surface area contributed by atoms with Gasteiger partial charge in [-0.25, -0.2) is 0 Å². The van der Waals surface area contributed by atoms with E-state index in [4.69, 9.17) is 0 Å². The summed E-state index contributed by atoms with van der Waals surface area (Å²) in [6.45, 7) is 0. The molecule has 1 nitrogen and oxygen atoms in total. The number of nitrogens with zero attached hydrogens (tertiary/aromatic N) is 1. The molecule has 0 atom stereocenters. The van der Waals surface area contributed by atoms with Crippen LogP contribution in [0.25, 0.3) is 65.7 Å². The maximum atomic E-state index is 9.32. The van der Waals surface area contributed by atoms with Gasteiger partial charge in [0.25, 0.3) is 0 Å². The Kier molecular flexibility index (Phi) is 4.59. The minimum atomic E-state index is 0.673. The van der Waals surface area contributed by atoms with E-state index in [1.165, 1.54) is 60.1 Å². The molecule has 0 radical (unpaired) electrons. The molecular weight excluding hydrogens is 434 g/mol. The lowest BCUT2D eigenvalue weighted by atomic mass is 9.84. The minimum absolute atomic E-state index is 0.673. The van der Waals surface area contributed by atoms with E-state index in [1.54, 1.807) is 0 Å². The number of nitriles is 1. The maximum absolute atomic E-state index is 9.32. The lowest BCUT2D eigenvalue weighted by Crippen LogP contribution is -1.92. The fourth-order valence-electron chi connectivity index (χ4n) is 5.59. The lowest BCUT2D eigenvalue weighted by Gasteiger charge is -2.19. The van der Waals surface area contributed by atoms with Crippen molar-refractivity contribution in [2.45, 2.75) is 0 Å². The molecule has 0 heterocycles. The second-order valence-electron chi connectivity index (χ2n) is 9.25. The van der Waals surface area contributed by atoms with Crippen molar-refractivity contribution >= 4 is 32.3 Å². The molecule has 1 heteroatoms. The summed E-state index contributed by atoms with van der Waals surface area (Å²) in [6.07, 6.45) is 0. The SMILES string of the molecule is N#Cc1ccc(-c2cc(-c3ccccc3)c3ccc4ccc(-c5ccccc5)c5ccc2c3c45)cc1. The first kappa shape index (κ1) is 20.4. The van der Waals surface area contributed by atoms with Crippen LogP contribution in [0.4, 0.5) is 0 Å². The first-order chi connectivity index (χ1) is 17.8. The Labute approximate surface area is 209 Å². The summed E-state index contributed by atoms with van der Waals surface area (Å²) in [6, 6.07) is 47.3.